The van der Waals surface area contributed by atoms with Crippen molar-refractivity contribution in [3.05, 3.63) is 62.7 Å². The van der Waals surface area contributed by atoms with E-state index in [9.17, 15) is 9.18 Å². The van der Waals surface area contributed by atoms with Crippen LogP contribution in [0.3, 0.4) is 0 Å². The van der Waals surface area contributed by atoms with E-state index in [0.29, 0.717) is 27.6 Å². The molecule has 2 aromatic carbocycles. The van der Waals surface area contributed by atoms with Gasteiger partial charge in [0.05, 0.1) is 16.6 Å². The van der Waals surface area contributed by atoms with Crippen molar-refractivity contribution in [2.24, 2.45) is 0 Å². The van der Waals surface area contributed by atoms with Crippen LogP contribution in [0.1, 0.15) is 5.56 Å². The highest BCUT2D eigenvalue weighted by Crippen LogP contribution is 2.31. The maximum Gasteiger partial charge on any atom is 0.344 e. The third-order valence-corrected chi connectivity index (χ3v) is 4.34. The number of ether oxygens (including phenoxy) is 1. The summed E-state index contributed by atoms with van der Waals surface area (Å²) in [5, 5.41) is 0.540. The van der Waals surface area contributed by atoms with E-state index in [1.165, 1.54) is 12.1 Å². The Balaban J connectivity index is 1.95. The summed E-state index contributed by atoms with van der Waals surface area (Å²) in [4.78, 5) is 12.3. The molecule has 0 saturated carbocycles. The first-order chi connectivity index (χ1) is 10.6. The normalized spacial score (nSPS) is 13.2. The molecular formula is C17H10BrFO3. The van der Waals surface area contributed by atoms with Crippen LogP contribution in [0.4, 0.5) is 4.39 Å². The zero-order valence-electron chi connectivity index (χ0n) is 11.4. The zero-order valence-corrected chi connectivity index (χ0v) is 12.9. The summed E-state index contributed by atoms with van der Waals surface area (Å²) >= 11 is 3.21. The Bertz CT molecular complexity index is 962. The SMILES string of the molecule is O=c1oc2c(Br)cc(F)cc2cc1-c1ccc2c(c1)CCO2. The van der Waals surface area contributed by atoms with Gasteiger partial charge in [0.2, 0.25) is 0 Å². The Morgan fingerprint density at radius 2 is 2.00 bits per heavy atom. The number of hydrogen-bond acceptors (Lipinski definition) is 3. The highest BCUT2D eigenvalue weighted by Gasteiger charge is 2.16. The monoisotopic (exact) mass is 360 g/mol. The van der Waals surface area contributed by atoms with Crippen molar-refractivity contribution in [3.63, 3.8) is 0 Å². The summed E-state index contributed by atoms with van der Waals surface area (Å²) in [5.41, 5.74) is 2.13. The predicted molar refractivity (Wildman–Crippen MR) is 84.8 cm³/mol. The fourth-order valence-electron chi connectivity index (χ4n) is 2.71. The van der Waals surface area contributed by atoms with Crippen LogP contribution in [0.5, 0.6) is 5.75 Å². The van der Waals surface area contributed by atoms with Crippen LogP contribution in [0.25, 0.3) is 22.1 Å². The molecule has 1 aliphatic heterocycles. The molecular weight excluding hydrogens is 351 g/mol. The second kappa shape index (κ2) is 4.95. The minimum absolute atomic E-state index is 0.347. The van der Waals surface area contributed by atoms with Crippen LogP contribution >= 0.6 is 15.9 Å². The molecule has 0 amide bonds. The molecule has 22 heavy (non-hydrogen) atoms. The van der Waals surface area contributed by atoms with E-state index in [2.05, 4.69) is 15.9 Å². The minimum atomic E-state index is -0.446. The van der Waals surface area contributed by atoms with E-state index < -0.39 is 5.63 Å². The van der Waals surface area contributed by atoms with E-state index >= 15 is 0 Å². The third-order valence-electron chi connectivity index (χ3n) is 3.75. The molecule has 5 heteroatoms. The fourth-order valence-corrected chi connectivity index (χ4v) is 3.24. The summed E-state index contributed by atoms with van der Waals surface area (Å²) in [6.45, 7) is 0.656. The third kappa shape index (κ3) is 2.13. The van der Waals surface area contributed by atoms with Crippen LogP contribution in [0.2, 0.25) is 0 Å². The Labute approximate surface area is 133 Å². The van der Waals surface area contributed by atoms with Gasteiger partial charge in [-0.2, -0.15) is 0 Å². The molecule has 0 atom stereocenters. The summed E-state index contributed by atoms with van der Waals surface area (Å²) in [7, 11) is 0. The first-order valence-corrected chi connectivity index (χ1v) is 7.60. The standard InChI is InChI=1S/C17H10BrFO3/c18-14-8-12(19)6-11-7-13(17(20)22-16(11)14)9-1-2-15-10(5-9)3-4-21-15/h1-2,5-8H,3-4H2. The topological polar surface area (TPSA) is 39.4 Å². The largest absolute Gasteiger partial charge is 0.493 e. The first-order valence-electron chi connectivity index (χ1n) is 6.81. The Morgan fingerprint density at radius 1 is 1.14 bits per heavy atom. The average molecular weight is 361 g/mol. The van der Waals surface area contributed by atoms with Gasteiger partial charge in [-0.05, 0) is 57.4 Å². The molecule has 3 aromatic rings. The van der Waals surface area contributed by atoms with E-state index in [4.69, 9.17) is 9.15 Å². The van der Waals surface area contributed by atoms with E-state index in [-0.39, 0.29) is 5.82 Å². The smallest absolute Gasteiger partial charge is 0.344 e. The van der Waals surface area contributed by atoms with Gasteiger partial charge in [0.15, 0.2) is 5.58 Å². The first kappa shape index (κ1) is 13.5. The quantitative estimate of drug-likeness (QED) is 0.607. The molecule has 1 aliphatic rings. The molecule has 0 saturated heterocycles. The lowest BCUT2D eigenvalue weighted by molar-refractivity contribution is 0.357. The summed E-state index contributed by atoms with van der Waals surface area (Å²) in [5.74, 6) is 0.462. The van der Waals surface area contributed by atoms with E-state index in [0.717, 1.165) is 23.3 Å². The fraction of sp³-hybridized carbons (Fsp3) is 0.118. The average Bonchev–Trinajstić information content (AvgIpc) is 2.95. The van der Waals surface area contributed by atoms with E-state index in [1.54, 1.807) is 6.07 Å². The molecule has 0 radical (unpaired) electrons. The second-order valence-corrected chi connectivity index (χ2v) is 6.03. The lowest BCUT2D eigenvalue weighted by Gasteiger charge is -2.06. The Kier molecular flexibility index (Phi) is 3.04. The van der Waals surface area contributed by atoms with Gasteiger partial charge in [-0.3, -0.25) is 0 Å². The van der Waals surface area contributed by atoms with Gasteiger partial charge >= 0.3 is 5.63 Å². The number of rotatable bonds is 1. The molecule has 0 aliphatic carbocycles. The summed E-state index contributed by atoms with van der Waals surface area (Å²) in [6, 6.07) is 9.88. The van der Waals surface area contributed by atoms with Crippen molar-refractivity contribution in [3.8, 4) is 16.9 Å². The van der Waals surface area contributed by atoms with Crippen LogP contribution in [-0.4, -0.2) is 6.61 Å². The van der Waals surface area contributed by atoms with Crippen molar-refractivity contribution in [2.45, 2.75) is 6.42 Å². The zero-order chi connectivity index (χ0) is 15.3. The maximum absolute atomic E-state index is 13.5. The predicted octanol–water partition coefficient (Wildman–Crippen LogP) is 4.30. The van der Waals surface area contributed by atoms with Gasteiger partial charge in [0, 0.05) is 11.8 Å². The van der Waals surface area contributed by atoms with Gasteiger partial charge in [0.25, 0.3) is 0 Å². The number of halogens is 2. The minimum Gasteiger partial charge on any atom is -0.493 e. The Morgan fingerprint density at radius 3 is 2.86 bits per heavy atom. The van der Waals surface area contributed by atoms with Gasteiger partial charge in [-0.1, -0.05) is 6.07 Å². The van der Waals surface area contributed by atoms with Crippen molar-refractivity contribution in [2.75, 3.05) is 6.61 Å². The molecule has 1 aromatic heterocycles. The van der Waals surface area contributed by atoms with Gasteiger partial charge < -0.3 is 9.15 Å². The van der Waals surface area contributed by atoms with Crippen LogP contribution in [0.15, 0.2) is 50.1 Å². The Hall–Kier alpha value is -2.14. The molecule has 110 valence electrons. The molecule has 3 nitrogen and oxygen atoms in total. The lowest BCUT2D eigenvalue weighted by Crippen LogP contribution is -2.03. The van der Waals surface area contributed by atoms with Crippen LogP contribution in [0, 0.1) is 5.82 Å². The molecule has 0 unspecified atom stereocenters. The lowest BCUT2D eigenvalue weighted by atomic mass is 10.0. The van der Waals surface area contributed by atoms with Gasteiger partial charge in [-0.25, -0.2) is 9.18 Å². The number of hydrogen-bond donors (Lipinski definition) is 0. The van der Waals surface area contributed by atoms with Crippen molar-refractivity contribution >= 4 is 26.9 Å². The van der Waals surface area contributed by atoms with Crippen molar-refractivity contribution in [1.29, 1.82) is 0 Å². The maximum atomic E-state index is 13.5. The molecule has 0 bridgehead atoms. The molecule has 0 N–H and O–H groups in total. The molecule has 2 heterocycles. The van der Waals surface area contributed by atoms with Crippen molar-refractivity contribution in [1.82, 2.24) is 0 Å². The molecule has 0 fully saturated rings. The van der Waals surface area contributed by atoms with Gasteiger partial charge in [0.1, 0.15) is 11.6 Å². The highest BCUT2D eigenvalue weighted by atomic mass is 79.9. The number of fused-ring (bicyclic) bond motifs is 2. The van der Waals surface area contributed by atoms with Crippen molar-refractivity contribution < 1.29 is 13.5 Å². The molecule has 4 rings (SSSR count). The van der Waals surface area contributed by atoms with Gasteiger partial charge in [-0.15, -0.1) is 0 Å². The van der Waals surface area contributed by atoms with E-state index in [1.807, 2.05) is 18.2 Å². The summed E-state index contributed by atoms with van der Waals surface area (Å²) in [6.07, 6.45) is 0.822. The van der Waals surface area contributed by atoms with Crippen LogP contribution < -0.4 is 10.4 Å². The number of benzene rings is 2. The van der Waals surface area contributed by atoms with Crippen LogP contribution in [-0.2, 0) is 6.42 Å². The highest BCUT2D eigenvalue weighted by molar-refractivity contribution is 9.10. The summed E-state index contributed by atoms with van der Waals surface area (Å²) < 4.78 is 24.8. The molecule has 0 spiro atoms. The second-order valence-electron chi connectivity index (χ2n) is 5.17.